The van der Waals surface area contributed by atoms with E-state index < -0.39 is 0 Å². The van der Waals surface area contributed by atoms with Gasteiger partial charge in [-0.05, 0) is 54.8 Å². The number of rotatable bonds is 1. The summed E-state index contributed by atoms with van der Waals surface area (Å²) >= 11 is 1.92. The van der Waals surface area contributed by atoms with E-state index in [2.05, 4.69) is 25.1 Å². The molecule has 1 N–H and O–H groups in total. The monoisotopic (exact) mass is 288 g/mol. The second kappa shape index (κ2) is 4.22. The van der Waals surface area contributed by atoms with Crippen LogP contribution in [0.3, 0.4) is 0 Å². The minimum atomic E-state index is -0.125. The average molecular weight is 288 g/mol. The Morgan fingerprint density at radius 2 is 2.20 bits per heavy atom. The number of hydrogen-bond acceptors (Lipinski definition) is 3. The highest BCUT2D eigenvalue weighted by atomic mass is 32.1. The van der Waals surface area contributed by atoms with Crippen molar-refractivity contribution in [2.45, 2.75) is 44.6 Å². The molecule has 106 valence electrons. The average Bonchev–Trinajstić information content (AvgIpc) is 2.96. The van der Waals surface area contributed by atoms with E-state index in [0.29, 0.717) is 5.92 Å². The first-order valence-corrected chi connectivity index (χ1v) is 8.22. The summed E-state index contributed by atoms with van der Waals surface area (Å²) in [6.45, 7) is 2.28. The van der Waals surface area contributed by atoms with Gasteiger partial charge in [-0.15, -0.1) is 11.3 Å². The summed E-state index contributed by atoms with van der Waals surface area (Å²) in [7, 11) is 1.72. The van der Waals surface area contributed by atoms with E-state index in [1.54, 1.807) is 7.11 Å². The second-order valence-electron chi connectivity index (χ2n) is 6.46. The van der Waals surface area contributed by atoms with Crippen LogP contribution < -0.4 is 4.74 Å². The number of methoxy groups -OCH3 is 1. The smallest absolute Gasteiger partial charge is 0.120 e. The van der Waals surface area contributed by atoms with Gasteiger partial charge in [-0.3, -0.25) is 0 Å². The quantitative estimate of drug-likeness (QED) is 0.856. The maximum absolute atomic E-state index is 10.4. The number of aryl methyl sites for hydroxylation is 1. The summed E-state index contributed by atoms with van der Waals surface area (Å²) in [6.07, 6.45) is 4.18. The maximum Gasteiger partial charge on any atom is 0.120 e. The van der Waals surface area contributed by atoms with Crippen LogP contribution in [0.5, 0.6) is 5.75 Å². The second-order valence-corrected chi connectivity index (χ2v) is 7.54. The molecular formula is C17H20O2S. The van der Waals surface area contributed by atoms with Crippen LogP contribution in [-0.2, 0) is 6.42 Å². The normalized spacial score (nSPS) is 32.1. The van der Waals surface area contributed by atoms with E-state index in [-0.39, 0.29) is 11.5 Å². The van der Waals surface area contributed by atoms with Crippen LogP contribution in [0.2, 0.25) is 0 Å². The van der Waals surface area contributed by atoms with Gasteiger partial charge in [-0.1, -0.05) is 6.92 Å². The van der Waals surface area contributed by atoms with Gasteiger partial charge in [0.05, 0.1) is 13.2 Å². The number of aliphatic hydroxyl groups excluding tert-OH is 1. The van der Waals surface area contributed by atoms with Crippen LogP contribution >= 0.6 is 11.3 Å². The van der Waals surface area contributed by atoms with Crippen molar-refractivity contribution in [2.24, 2.45) is 5.41 Å². The summed E-state index contributed by atoms with van der Waals surface area (Å²) in [5.74, 6) is 1.48. The zero-order chi connectivity index (χ0) is 13.9. The first kappa shape index (κ1) is 12.7. The number of aliphatic hydroxyl groups is 1. The molecule has 3 atom stereocenters. The van der Waals surface area contributed by atoms with Crippen LogP contribution in [0.1, 0.15) is 42.5 Å². The van der Waals surface area contributed by atoms with Crippen LogP contribution in [0.15, 0.2) is 18.2 Å². The summed E-state index contributed by atoms with van der Waals surface area (Å²) < 4.78 is 6.68. The van der Waals surface area contributed by atoms with E-state index in [1.807, 2.05) is 11.3 Å². The van der Waals surface area contributed by atoms with Gasteiger partial charge in [-0.25, -0.2) is 0 Å². The van der Waals surface area contributed by atoms with Crippen LogP contribution in [0.25, 0.3) is 10.1 Å². The van der Waals surface area contributed by atoms with Gasteiger partial charge >= 0.3 is 0 Å². The molecule has 0 radical (unpaired) electrons. The van der Waals surface area contributed by atoms with E-state index in [9.17, 15) is 5.11 Å². The third-order valence-corrected chi connectivity index (χ3v) is 6.86. The highest BCUT2D eigenvalue weighted by molar-refractivity contribution is 7.19. The summed E-state index contributed by atoms with van der Waals surface area (Å²) in [4.78, 5) is 1.53. The van der Waals surface area contributed by atoms with Gasteiger partial charge in [0.25, 0.3) is 0 Å². The molecule has 20 heavy (non-hydrogen) atoms. The number of hydrogen-bond donors (Lipinski definition) is 1. The molecule has 1 heterocycles. The van der Waals surface area contributed by atoms with E-state index in [0.717, 1.165) is 31.4 Å². The molecule has 0 bridgehead atoms. The predicted octanol–water partition coefficient (Wildman–Crippen LogP) is 4.10. The van der Waals surface area contributed by atoms with Crippen molar-refractivity contribution < 1.29 is 9.84 Å². The van der Waals surface area contributed by atoms with Crippen LogP contribution in [-0.4, -0.2) is 18.3 Å². The fraction of sp³-hybridized carbons (Fsp3) is 0.529. The lowest BCUT2D eigenvalue weighted by atomic mass is 9.69. The lowest BCUT2D eigenvalue weighted by Crippen LogP contribution is -2.34. The fourth-order valence-corrected chi connectivity index (χ4v) is 5.78. The Kier molecular flexibility index (Phi) is 2.67. The molecule has 0 saturated heterocycles. The highest BCUT2D eigenvalue weighted by Gasteiger charge is 2.49. The van der Waals surface area contributed by atoms with Crippen molar-refractivity contribution in [2.75, 3.05) is 7.11 Å². The Morgan fingerprint density at radius 3 is 3.00 bits per heavy atom. The Bertz CT molecular complexity index is 675. The van der Waals surface area contributed by atoms with Crippen molar-refractivity contribution >= 4 is 21.4 Å². The van der Waals surface area contributed by atoms with Gasteiger partial charge in [0.15, 0.2) is 0 Å². The van der Waals surface area contributed by atoms with E-state index >= 15 is 0 Å². The Hall–Kier alpha value is -1.06. The third-order valence-electron chi connectivity index (χ3n) is 5.55. The molecule has 1 aromatic heterocycles. The first-order chi connectivity index (χ1) is 9.63. The molecule has 3 heteroatoms. The molecule has 2 aliphatic rings. The van der Waals surface area contributed by atoms with Crippen LogP contribution in [0, 0.1) is 5.41 Å². The molecule has 0 aliphatic heterocycles. The minimum Gasteiger partial charge on any atom is -0.497 e. The van der Waals surface area contributed by atoms with Gasteiger partial charge < -0.3 is 9.84 Å². The number of ether oxygens (including phenoxy) is 1. The first-order valence-electron chi connectivity index (χ1n) is 7.41. The number of benzene rings is 1. The third kappa shape index (κ3) is 1.54. The molecule has 1 aromatic carbocycles. The molecule has 1 unspecified atom stereocenters. The molecule has 1 fully saturated rings. The van der Waals surface area contributed by atoms with Crippen molar-refractivity contribution in [3.63, 3.8) is 0 Å². The summed E-state index contributed by atoms with van der Waals surface area (Å²) in [5.41, 5.74) is 1.63. The zero-order valence-electron chi connectivity index (χ0n) is 12.0. The molecule has 2 aromatic rings. The largest absolute Gasteiger partial charge is 0.497 e. The molecule has 0 spiro atoms. The fourth-order valence-electron chi connectivity index (χ4n) is 4.20. The Morgan fingerprint density at radius 1 is 1.35 bits per heavy atom. The topological polar surface area (TPSA) is 29.5 Å². The number of fused-ring (bicyclic) bond motifs is 5. The highest BCUT2D eigenvalue weighted by Crippen LogP contribution is 2.58. The van der Waals surface area contributed by atoms with E-state index in [1.165, 1.54) is 20.5 Å². The van der Waals surface area contributed by atoms with Crippen molar-refractivity contribution in [1.29, 1.82) is 0 Å². The zero-order valence-corrected chi connectivity index (χ0v) is 12.8. The summed E-state index contributed by atoms with van der Waals surface area (Å²) in [5, 5.41) is 11.7. The van der Waals surface area contributed by atoms with Gasteiger partial charge in [-0.2, -0.15) is 0 Å². The summed E-state index contributed by atoms with van der Waals surface area (Å²) in [6, 6.07) is 6.42. The molecule has 4 rings (SSSR count). The van der Waals surface area contributed by atoms with Crippen molar-refractivity contribution in [3.8, 4) is 5.75 Å². The molecular weight excluding hydrogens is 268 g/mol. The number of thiophene rings is 1. The molecule has 1 saturated carbocycles. The lowest BCUT2D eigenvalue weighted by molar-refractivity contribution is 0.0467. The Balaban J connectivity index is 1.89. The standard InChI is InChI=1S/C17H20O2S/c1-17-8-7-12-11-4-3-10(19-2)9-14(11)20-16(12)13(17)5-6-15(17)18/h3-4,9,13,15,18H,5-8H2,1-2H3/t13?,15-,17+/m1/s1. The SMILES string of the molecule is COc1ccc2c3c(sc2c1)C1CC[C@@H](O)[C@@]1(C)CC3. The molecule has 2 nitrogen and oxygen atoms in total. The molecule has 2 aliphatic carbocycles. The van der Waals surface area contributed by atoms with Gasteiger partial charge in [0.2, 0.25) is 0 Å². The minimum absolute atomic E-state index is 0.0952. The predicted molar refractivity (Wildman–Crippen MR) is 82.8 cm³/mol. The van der Waals surface area contributed by atoms with Crippen LogP contribution in [0.4, 0.5) is 0 Å². The Labute approximate surface area is 123 Å². The molecule has 0 amide bonds. The van der Waals surface area contributed by atoms with Crippen molar-refractivity contribution in [3.05, 3.63) is 28.6 Å². The van der Waals surface area contributed by atoms with Gasteiger partial charge in [0.1, 0.15) is 5.75 Å². The maximum atomic E-state index is 10.4. The lowest BCUT2D eigenvalue weighted by Gasteiger charge is -2.38. The van der Waals surface area contributed by atoms with Gasteiger partial charge in [0, 0.05) is 20.9 Å². The van der Waals surface area contributed by atoms with Crippen molar-refractivity contribution in [1.82, 2.24) is 0 Å². The van der Waals surface area contributed by atoms with E-state index in [4.69, 9.17) is 4.74 Å².